The van der Waals surface area contributed by atoms with Gasteiger partial charge in [-0.25, -0.2) is 0 Å². The van der Waals surface area contributed by atoms with Crippen LogP contribution < -0.4 is 0 Å². The zero-order chi connectivity index (χ0) is 22.8. The van der Waals surface area contributed by atoms with E-state index in [0.717, 1.165) is 12.8 Å². The van der Waals surface area contributed by atoms with Gasteiger partial charge in [0.25, 0.3) is 0 Å². The standard InChI is InChI=1S/C32H38/c1-7-11-23(4)30-24(5)19-29-20-28(17-16-27-18-21(2)14-15-22(27)3)25(6)31(29)32(30)26-12-9-8-10-13-26/h8-10,12-15,17-19,23,31-32H,6-7,11,16,20H2,1-5H3/b28-17+. The summed E-state index contributed by atoms with van der Waals surface area (Å²) < 4.78 is 0. The number of allylic oxidation sites excluding steroid dienone is 7. The molecule has 0 aromatic heterocycles. The van der Waals surface area contributed by atoms with Crippen LogP contribution in [0.25, 0.3) is 0 Å². The van der Waals surface area contributed by atoms with Crippen molar-refractivity contribution in [1.82, 2.24) is 0 Å². The molecule has 2 aromatic rings. The SMILES string of the molecule is C=C1/C(=C/Cc2cc(C)ccc2C)CC2=CC(C)=C(C(C)CCC)C(c3ccccc3)C12. The number of hydrogen-bond acceptors (Lipinski definition) is 0. The average molecular weight is 423 g/mol. The van der Waals surface area contributed by atoms with E-state index in [9.17, 15) is 0 Å². The molecule has 32 heavy (non-hydrogen) atoms. The molecule has 0 heterocycles. The van der Waals surface area contributed by atoms with Crippen LogP contribution in [-0.4, -0.2) is 0 Å². The second-order valence-corrected chi connectivity index (χ2v) is 9.98. The van der Waals surface area contributed by atoms with Gasteiger partial charge in [0.1, 0.15) is 0 Å². The van der Waals surface area contributed by atoms with E-state index in [-0.39, 0.29) is 0 Å². The van der Waals surface area contributed by atoms with Crippen LogP contribution >= 0.6 is 0 Å². The first-order valence-corrected chi connectivity index (χ1v) is 12.3. The Labute approximate surface area is 195 Å². The molecule has 0 bridgehead atoms. The van der Waals surface area contributed by atoms with E-state index in [2.05, 4.69) is 102 Å². The highest BCUT2D eigenvalue weighted by atomic mass is 14.4. The van der Waals surface area contributed by atoms with Crippen LogP contribution in [0, 0.1) is 25.7 Å². The topological polar surface area (TPSA) is 0 Å². The van der Waals surface area contributed by atoms with Crippen LogP contribution in [0.15, 0.2) is 95.1 Å². The Hall–Kier alpha value is -2.60. The molecule has 2 aliphatic carbocycles. The lowest BCUT2D eigenvalue weighted by Crippen LogP contribution is -2.23. The number of rotatable bonds is 6. The van der Waals surface area contributed by atoms with Crippen LogP contribution in [0.5, 0.6) is 0 Å². The van der Waals surface area contributed by atoms with Gasteiger partial charge in [-0.15, -0.1) is 0 Å². The molecule has 0 aliphatic heterocycles. The van der Waals surface area contributed by atoms with Gasteiger partial charge in [0.05, 0.1) is 0 Å². The van der Waals surface area contributed by atoms with Crippen molar-refractivity contribution in [2.75, 3.05) is 0 Å². The minimum atomic E-state index is 0.403. The lowest BCUT2D eigenvalue weighted by Gasteiger charge is -2.36. The molecule has 0 N–H and O–H groups in total. The smallest absolute Gasteiger partial charge is 0.0163 e. The number of hydrogen-bond donors (Lipinski definition) is 0. The Morgan fingerprint density at radius 3 is 2.50 bits per heavy atom. The van der Waals surface area contributed by atoms with Crippen molar-refractivity contribution in [3.05, 3.63) is 117 Å². The van der Waals surface area contributed by atoms with Crippen molar-refractivity contribution >= 4 is 0 Å². The Bertz CT molecular complexity index is 1090. The summed E-state index contributed by atoms with van der Waals surface area (Å²) in [6, 6.07) is 18.0. The predicted octanol–water partition coefficient (Wildman–Crippen LogP) is 8.82. The minimum Gasteiger partial charge on any atom is -0.0949 e. The van der Waals surface area contributed by atoms with Crippen molar-refractivity contribution in [2.24, 2.45) is 11.8 Å². The minimum absolute atomic E-state index is 0.403. The normalized spacial score (nSPS) is 22.8. The molecule has 0 radical (unpaired) electrons. The third-order valence-corrected chi connectivity index (χ3v) is 7.59. The molecule has 3 atom stereocenters. The van der Waals surface area contributed by atoms with E-state index in [1.54, 1.807) is 11.1 Å². The quantitative estimate of drug-likeness (QED) is 0.436. The lowest BCUT2D eigenvalue weighted by molar-refractivity contribution is 0.502. The van der Waals surface area contributed by atoms with Crippen LogP contribution in [0.4, 0.5) is 0 Å². The summed E-state index contributed by atoms with van der Waals surface area (Å²) in [4.78, 5) is 0. The van der Waals surface area contributed by atoms with E-state index in [0.29, 0.717) is 17.8 Å². The van der Waals surface area contributed by atoms with Gasteiger partial charge in [-0.1, -0.05) is 110 Å². The average Bonchev–Trinajstić information content (AvgIpc) is 3.09. The summed E-state index contributed by atoms with van der Waals surface area (Å²) in [6.07, 6.45) is 9.45. The summed E-state index contributed by atoms with van der Waals surface area (Å²) in [5.41, 5.74) is 13.0. The highest BCUT2D eigenvalue weighted by molar-refractivity contribution is 5.57. The Morgan fingerprint density at radius 2 is 1.78 bits per heavy atom. The summed E-state index contributed by atoms with van der Waals surface area (Å²) in [5.74, 6) is 1.41. The van der Waals surface area contributed by atoms with E-state index >= 15 is 0 Å². The van der Waals surface area contributed by atoms with Gasteiger partial charge in [0.2, 0.25) is 0 Å². The third kappa shape index (κ3) is 4.33. The number of benzene rings is 2. The molecule has 0 saturated heterocycles. The van der Waals surface area contributed by atoms with Crippen molar-refractivity contribution in [3.8, 4) is 0 Å². The summed E-state index contributed by atoms with van der Waals surface area (Å²) in [5, 5.41) is 0. The maximum Gasteiger partial charge on any atom is 0.0163 e. The summed E-state index contributed by atoms with van der Waals surface area (Å²) in [7, 11) is 0. The molecular weight excluding hydrogens is 384 g/mol. The first kappa shape index (κ1) is 22.6. The fourth-order valence-electron chi connectivity index (χ4n) is 5.98. The molecule has 166 valence electrons. The Morgan fingerprint density at radius 1 is 1.03 bits per heavy atom. The van der Waals surface area contributed by atoms with Gasteiger partial charge in [-0.2, -0.15) is 0 Å². The molecule has 1 saturated carbocycles. The van der Waals surface area contributed by atoms with Crippen molar-refractivity contribution in [1.29, 1.82) is 0 Å². The first-order valence-electron chi connectivity index (χ1n) is 12.3. The van der Waals surface area contributed by atoms with Crippen LogP contribution in [0.2, 0.25) is 0 Å². The lowest BCUT2D eigenvalue weighted by atomic mass is 9.67. The molecule has 4 rings (SSSR count). The van der Waals surface area contributed by atoms with Gasteiger partial charge < -0.3 is 0 Å². The first-order chi connectivity index (χ1) is 15.4. The zero-order valence-corrected chi connectivity index (χ0v) is 20.5. The van der Waals surface area contributed by atoms with Crippen LogP contribution in [0.1, 0.15) is 68.2 Å². The van der Waals surface area contributed by atoms with Gasteiger partial charge >= 0.3 is 0 Å². The van der Waals surface area contributed by atoms with Crippen molar-refractivity contribution in [2.45, 2.75) is 66.2 Å². The van der Waals surface area contributed by atoms with E-state index < -0.39 is 0 Å². The Balaban J connectivity index is 1.71. The largest absolute Gasteiger partial charge is 0.0949 e. The highest BCUT2D eigenvalue weighted by Gasteiger charge is 2.41. The fraction of sp³-hybridized carbons (Fsp3) is 0.375. The van der Waals surface area contributed by atoms with Crippen molar-refractivity contribution < 1.29 is 0 Å². The van der Waals surface area contributed by atoms with E-state index in [1.165, 1.54) is 51.8 Å². The molecule has 1 fully saturated rings. The molecule has 0 amide bonds. The highest BCUT2D eigenvalue weighted by Crippen LogP contribution is 2.55. The third-order valence-electron chi connectivity index (χ3n) is 7.59. The number of aryl methyl sites for hydroxylation is 2. The summed E-state index contributed by atoms with van der Waals surface area (Å²) >= 11 is 0. The molecule has 0 spiro atoms. The van der Waals surface area contributed by atoms with Gasteiger partial charge in [-0.05, 0) is 73.8 Å². The molecule has 0 heteroatoms. The zero-order valence-electron chi connectivity index (χ0n) is 20.5. The molecular formula is C32H38. The monoisotopic (exact) mass is 422 g/mol. The van der Waals surface area contributed by atoms with Gasteiger partial charge in [0.15, 0.2) is 0 Å². The molecule has 3 unspecified atom stereocenters. The van der Waals surface area contributed by atoms with Gasteiger partial charge in [0, 0.05) is 11.8 Å². The predicted molar refractivity (Wildman–Crippen MR) is 139 cm³/mol. The molecule has 2 aliphatic rings. The van der Waals surface area contributed by atoms with Crippen LogP contribution in [-0.2, 0) is 6.42 Å². The van der Waals surface area contributed by atoms with E-state index in [1.807, 2.05) is 0 Å². The van der Waals surface area contributed by atoms with Crippen LogP contribution in [0.3, 0.4) is 0 Å². The second-order valence-electron chi connectivity index (χ2n) is 9.98. The van der Waals surface area contributed by atoms with Crippen molar-refractivity contribution in [3.63, 3.8) is 0 Å². The number of fused-ring (bicyclic) bond motifs is 1. The Kier molecular flexibility index (Phi) is 6.70. The maximum atomic E-state index is 4.68. The second kappa shape index (κ2) is 9.49. The molecule has 2 aromatic carbocycles. The molecule has 0 nitrogen and oxygen atoms in total. The van der Waals surface area contributed by atoms with E-state index in [4.69, 9.17) is 0 Å². The summed E-state index contributed by atoms with van der Waals surface area (Å²) in [6.45, 7) is 16.1. The fourth-order valence-corrected chi connectivity index (χ4v) is 5.98. The van der Waals surface area contributed by atoms with Gasteiger partial charge in [-0.3, -0.25) is 0 Å². The maximum absolute atomic E-state index is 4.68.